The topological polar surface area (TPSA) is 46.3 Å². The Morgan fingerprint density at radius 1 is 1.39 bits per heavy atom. The van der Waals surface area contributed by atoms with Gasteiger partial charge in [0.2, 0.25) is 5.91 Å². The van der Waals surface area contributed by atoms with E-state index in [1.54, 1.807) is 18.2 Å². The summed E-state index contributed by atoms with van der Waals surface area (Å²) in [6.07, 6.45) is -5.24. The van der Waals surface area contributed by atoms with Crippen LogP contribution < -0.4 is 10.6 Å². The summed E-state index contributed by atoms with van der Waals surface area (Å²) in [7, 11) is 0. The molecule has 0 atom stereocenters. The Morgan fingerprint density at radius 2 is 2.11 bits per heavy atom. The van der Waals surface area contributed by atoms with Crippen LogP contribution in [0.1, 0.15) is 18.4 Å². The maximum Gasteiger partial charge on any atom is 0.389 e. The predicted molar refractivity (Wildman–Crippen MR) is 62.2 cm³/mol. The van der Waals surface area contributed by atoms with Crippen LogP contribution in [0, 0.1) is 0 Å². The third-order valence-corrected chi connectivity index (χ3v) is 2.92. The zero-order valence-electron chi connectivity index (χ0n) is 9.63. The molecule has 0 aromatic heterocycles. The maximum atomic E-state index is 12.1. The Morgan fingerprint density at radius 3 is 2.78 bits per heavy atom. The molecule has 1 aromatic carbocycles. The van der Waals surface area contributed by atoms with Crippen molar-refractivity contribution in [3.05, 3.63) is 23.8 Å². The Bertz CT molecular complexity index is 471. The molecule has 1 amide bonds. The van der Waals surface area contributed by atoms with Gasteiger partial charge in [-0.15, -0.1) is 0 Å². The third kappa shape index (κ3) is 2.75. The number of hydrogen-bond donors (Lipinski definition) is 1. The average molecular weight is 258 g/mol. The van der Waals surface area contributed by atoms with Crippen LogP contribution in [0.4, 0.5) is 24.5 Å². The molecule has 0 bridgehead atoms. The number of amides is 1. The van der Waals surface area contributed by atoms with Crippen molar-refractivity contribution in [1.82, 2.24) is 0 Å². The summed E-state index contributed by atoms with van der Waals surface area (Å²) in [5.74, 6) is -0.490. The van der Waals surface area contributed by atoms with E-state index in [1.165, 1.54) is 4.90 Å². The van der Waals surface area contributed by atoms with Crippen molar-refractivity contribution in [2.75, 3.05) is 17.2 Å². The first-order valence-corrected chi connectivity index (χ1v) is 5.62. The normalized spacial score (nSPS) is 14.7. The minimum Gasteiger partial charge on any atom is -0.399 e. The van der Waals surface area contributed by atoms with Gasteiger partial charge in [0.15, 0.2) is 0 Å². The van der Waals surface area contributed by atoms with E-state index in [1.807, 2.05) is 0 Å². The Hall–Kier alpha value is -1.72. The minimum atomic E-state index is -4.29. The summed E-state index contributed by atoms with van der Waals surface area (Å²) in [6, 6.07) is 5.09. The fourth-order valence-corrected chi connectivity index (χ4v) is 2.06. The zero-order valence-corrected chi connectivity index (χ0v) is 9.63. The summed E-state index contributed by atoms with van der Waals surface area (Å²) in [6.45, 7) is 0.426. The van der Waals surface area contributed by atoms with Crippen molar-refractivity contribution in [1.29, 1.82) is 0 Å². The van der Waals surface area contributed by atoms with Crippen LogP contribution in [-0.2, 0) is 11.2 Å². The van der Waals surface area contributed by atoms with Crippen molar-refractivity contribution < 1.29 is 18.0 Å². The van der Waals surface area contributed by atoms with Crippen LogP contribution in [0.15, 0.2) is 18.2 Å². The fourth-order valence-electron chi connectivity index (χ4n) is 2.06. The van der Waals surface area contributed by atoms with E-state index in [2.05, 4.69) is 0 Å². The number of nitrogens with zero attached hydrogens (tertiary/aromatic N) is 1. The number of rotatable bonds is 2. The van der Waals surface area contributed by atoms with Crippen LogP contribution >= 0.6 is 0 Å². The molecule has 1 aliphatic heterocycles. The summed E-state index contributed by atoms with van der Waals surface area (Å²) >= 11 is 0. The lowest BCUT2D eigenvalue weighted by molar-refractivity contribution is -0.143. The molecule has 18 heavy (non-hydrogen) atoms. The molecule has 6 heteroatoms. The fraction of sp³-hybridized carbons (Fsp3) is 0.417. The molecular weight excluding hydrogens is 245 g/mol. The molecule has 2 rings (SSSR count). The lowest BCUT2D eigenvalue weighted by atomic mass is 10.1. The van der Waals surface area contributed by atoms with Gasteiger partial charge in [-0.25, -0.2) is 0 Å². The van der Waals surface area contributed by atoms with Crippen molar-refractivity contribution in [2.24, 2.45) is 0 Å². The molecule has 0 unspecified atom stereocenters. The molecule has 2 N–H and O–H groups in total. The van der Waals surface area contributed by atoms with Gasteiger partial charge in [0.05, 0.1) is 6.42 Å². The van der Waals surface area contributed by atoms with Crippen LogP contribution in [0.3, 0.4) is 0 Å². The molecule has 1 aliphatic rings. The molecule has 0 fully saturated rings. The molecule has 0 radical (unpaired) electrons. The van der Waals surface area contributed by atoms with E-state index >= 15 is 0 Å². The lowest BCUT2D eigenvalue weighted by Crippen LogP contribution is -2.29. The van der Waals surface area contributed by atoms with E-state index in [0.29, 0.717) is 24.3 Å². The Kier molecular flexibility index (Phi) is 3.19. The van der Waals surface area contributed by atoms with Crippen molar-refractivity contribution in [3.63, 3.8) is 0 Å². The molecule has 1 heterocycles. The second-order valence-corrected chi connectivity index (χ2v) is 4.30. The number of nitrogen functional groups attached to an aromatic ring is 1. The first kappa shape index (κ1) is 12.7. The van der Waals surface area contributed by atoms with Gasteiger partial charge in [0.1, 0.15) is 0 Å². The second-order valence-electron chi connectivity index (χ2n) is 4.30. The van der Waals surface area contributed by atoms with Gasteiger partial charge in [0, 0.05) is 24.3 Å². The summed E-state index contributed by atoms with van der Waals surface area (Å²) in [4.78, 5) is 13.1. The number of anilines is 2. The number of nitrogens with two attached hydrogens (primary N) is 1. The van der Waals surface area contributed by atoms with E-state index < -0.39 is 24.9 Å². The highest BCUT2D eigenvalue weighted by Gasteiger charge is 2.31. The molecule has 1 aromatic rings. The average Bonchev–Trinajstić information content (AvgIpc) is 2.67. The minimum absolute atomic E-state index is 0.426. The van der Waals surface area contributed by atoms with Gasteiger partial charge >= 0.3 is 6.18 Å². The molecular formula is C12H13F3N2O. The molecule has 3 nitrogen and oxygen atoms in total. The number of carbonyl (C=O) groups excluding carboxylic acids is 1. The molecule has 0 saturated heterocycles. The predicted octanol–water partition coefficient (Wildman–Crippen LogP) is 2.50. The van der Waals surface area contributed by atoms with Gasteiger partial charge in [0.25, 0.3) is 0 Å². The standard InChI is InChI=1S/C12H13F3N2O/c13-12(14,15)5-3-11(18)17-6-4-8-7-9(16)1-2-10(8)17/h1-2,7H,3-6,16H2. The summed E-state index contributed by atoms with van der Waals surface area (Å²) < 4.78 is 36.2. The molecule has 0 aliphatic carbocycles. The van der Waals surface area contributed by atoms with Crippen LogP contribution in [-0.4, -0.2) is 18.6 Å². The van der Waals surface area contributed by atoms with Crippen LogP contribution in [0.25, 0.3) is 0 Å². The largest absolute Gasteiger partial charge is 0.399 e. The molecule has 98 valence electrons. The van der Waals surface area contributed by atoms with E-state index in [0.717, 1.165) is 5.56 Å². The number of halogens is 3. The lowest BCUT2D eigenvalue weighted by Gasteiger charge is -2.17. The molecule has 0 spiro atoms. The first-order chi connectivity index (χ1) is 8.37. The van der Waals surface area contributed by atoms with E-state index in [4.69, 9.17) is 5.73 Å². The first-order valence-electron chi connectivity index (χ1n) is 5.62. The number of hydrogen-bond acceptors (Lipinski definition) is 2. The third-order valence-electron chi connectivity index (χ3n) is 2.92. The van der Waals surface area contributed by atoms with E-state index in [9.17, 15) is 18.0 Å². The number of carbonyl (C=O) groups is 1. The monoisotopic (exact) mass is 258 g/mol. The second kappa shape index (κ2) is 4.51. The van der Waals surface area contributed by atoms with Crippen molar-refractivity contribution in [2.45, 2.75) is 25.4 Å². The highest BCUT2D eigenvalue weighted by atomic mass is 19.4. The summed E-state index contributed by atoms with van der Waals surface area (Å²) in [5.41, 5.74) is 7.80. The van der Waals surface area contributed by atoms with E-state index in [-0.39, 0.29) is 0 Å². The quantitative estimate of drug-likeness (QED) is 0.828. The Labute approximate surface area is 102 Å². The SMILES string of the molecule is Nc1ccc2c(c1)CCN2C(=O)CCC(F)(F)F. The van der Waals surface area contributed by atoms with Crippen LogP contribution in [0.2, 0.25) is 0 Å². The Balaban J connectivity index is 2.07. The van der Waals surface area contributed by atoms with Crippen molar-refractivity contribution in [3.8, 4) is 0 Å². The summed E-state index contributed by atoms with van der Waals surface area (Å²) in [5, 5.41) is 0. The zero-order chi connectivity index (χ0) is 13.3. The number of fused-ring (bicyclic) bond motifs is 1. The van der Waals surface area contributed by atoms with Gasteiger partial charge in [-0.3, -0.25) is 4.79 Å². The smallest absolute Gasteiger partial charge is 0.389 e. The van der Waals surface area contributed by atoms with Gasteiger partial charge in [-0.1, -0.05) is 0 Å². The van der Waals surface area contributed by atoms with Gasteiger partial charge < -0.3 is 10.6 Å². The highest BCUT2D eigenvalue weighted by Crippen LogP contribution is 2.31. The van der Waals surface area contributed by atoms with Gasteiger partial charge in [-0.2, -0.15) is 13.2 Å². The van der Waals surface area contributed by atoms with Gasteiger partial charge in [-0.05, 0) is 30.2 Å². The van der Waals surface area contributed by atoms with Crippen LogP contribution in [0.5, 0.6) is 0 Å². The number of alkyl halides is 3. The molecule has 0 saturated carbocycles. The number of benzene rings is 1. The maximum absolute atomic E-state index is 12.1. The van der Waals surface area contributed by atoms with Crippen molar-refractivity contribution >= 4 is 17.3 Å². The highest BCUT2D eigenvalue weighted by molar-refractivity contribution is 5.95.